The van der Waals surface area contributed by atoms with Crippen molar-refractivity contribution in [3.05, 3.63) is 76.9 Å². The Hall–Kier alpha value is -2.79. The molecule has 128 valence electrons. The summed E-state index contributed by atoms with van der Waals surface area (Å²) >= 11 is 6.16. The largest absolute Gasteiger partial charge is 0.494 e. The van der Waals surface area contributed by atoms with Crippen LogP contribution in [0.1, 0.15) is 22.8 Å². The van der Waals surface area contributed by atoms with E-state index in [1.807, 2.05) is 31.2 Å². The maximum absolute atomic E-state index is 12.3. The van der Waals surface area contributed by atoms with Crippen LogP contribution in [0.3, 0.4) is 0 Å². The molecule has 3 rings (SSSR count). The third-order valence-electron chi connectivity index (χ3n) is 3.60. The van der Waals surface area contributed by atoms with E-state index in [0.717, 1.165) is 11.3 Å². The second-order valence-corrected chi connectivity index (χ2v) is 5.81. The number of amides is 1. The fourth-order valence-corrected chi connectivity index (χ4v) is 2.57. The predicted molar refractivity (Wildman–Crippen MR) is 98.3 cm³/mol. The zero-order valence-corrected chi connectivity index (χ0v) is 14.5. The molecule has 2 aromatic carbocycles. The third kappa shape index (κ3) is 4.39. The summed E-state index contributed by atoms with van der Waals surface area (Å²) in [5, 5.41) is 7.84. The molecule has 0 spiro atoms. The second kappa shape index (κ2) is 7.85. The Bertz CT molecular complexity index is 859. The van der Waals surface area contributed by atoms with Gasteiger partial charge in [0.2, 0.25) is 0 Å². The van der Waals surface area contributed by atoms with Crippen LogP contribution in [0, 0.1) is 0 Å². The van der Waals surface area contributed by atoms with Gasteiger partial charge in [0.15, 0.2) is 5.82 Å². The Labute approximate surface area is 151 Å². The van der Waals surface area contributed by atoms with Gasteiger partial charge in [0.1, 0.15) is 5.75 Å². The summed E-state index contributed by atoms with van der Waals surface area (Å²) in [5.74, 6) is 1.01. The number of aromatic nitrogens is 2. The molecule has 0 saturated carbocycles. The van der Waals surface area contributed by atoms with Crippen molar-refractivity contribution in [2.75, 3.05) is 11.9 Å². The highest BCUT2D eigenvalue weighted by Crippen LogP contribution is 2.17. The minimum atomic E-state index is -0.217. The molecule has 0 aliphatic rings. The summed E-state index contributed by atoms with van der Waals surface area (Å²) in [7, 11) is 0. The average molecular weight is 356 g/mol. The molecule has 5 nitrogen and oxygen atoms in total. The molecule has 0 saturated heterocycles. The quantitative estimate of drug-likeness (QED) is 0.719. The molecule has 0 aliphatic heterocycles. The van der Waals surface area contributed by atoms with Gasteiger partial charge in [-0.2, -0.15) is 5.10 Å². The maximum Gasteiger partial charge on any atom is 0.256 e. The highest BCUT2D eigenvalue weighted by molar-refractivity contribution is 6.31. The van der Waals surface area contributed by atoms with Crippen molar-refractivity contribution in [3.8, 4) is 5.75 Å². The Kier molecular flexibility index (Phi) is 5.36. The van der Waals surface area contributed by atoms with Crippen LogP contribution in [-0.4, -0.2) is 22.3 Å². The molecule has 1 amide bonds. The molecule has 6 heteroatoms. The van der Waals surface area contributed by atoms with E-state index in [2.05, 4.69) is 10.4 Å². The molecule has 0 unspecified atom stereocenters. The zero-order chi connectivity index (χ0) is 17.6. The van der Waals surface area contributed by atoms with Gasteiger partial charge in [-0.15, -0.1) is 0 Å². The number of nitrogens with one attached hydrogen (secondary N) is 1. The number of ether oxygens (including phenoxy) is 1. The van der Waals surface area contributed by atoms with Crippen LogP contribution >= 0.6 is 11.6 Å². The van der Waals surface area contributed by atoms with E-state index in [9.17, 15) is 4.79 Å². The molecule has 1 aromatic heterocycles. The first-order chi connectivity index (χ1) is 12.2. The lowest BCUT2D eigenvalue weighted by atomic mass is 10.2. The summed E-state index contributed by atoms with van der Waals surface area (Å²) in [6.07, 6.45) is 1.80. The number of anilines is 1. The van der Waals surface area contributed by atoms with Crippen LogP contribution in [0.4, 0.5) is 5.82 Å². The van der Waals surface area contributed by atoms with Gasteiger partial charge in [-0.05, 0) is 42.8 Å². The van der Waals surface area contributed by atoms with Crippen molar-refractivity contribution in [2.24, 2.45) is 0 Å². The van der Waals surface area contributed by atoms with E-state index >= 15 is 0 Å². The summed E-state index contributed by atoms with van der Waals surface area (Å²) in [6, 6.07) is 16.3. The number of hydrogen-bond acceptors (Lipinski definition) is 3. The molecule has 3 aromatic rings. The second-order valence-electron chi connectivity index (χ2n) is 5.40. The topological polar surface area (TPSA) is 56.1 Å². The molecule has 1 N–H and O–H groups in total. The van der Waals surface area contributed by atoms with Crippen LogP contribution < -0.4 is 10.1 Å². The SMILES string of the molecule is CCOc1ccc(C(=O)Nc2ccn(Cc3ccccc3Cl)n2)cc1. The maximum atomic E-state index is 12.3. The lowest BCUT2D eigenvalue weighted by Crippen LogP contribution is -2.12. The van der Waals surface area contributed by atoms with E-state index in [1.165, 1.54) is 0 Å². The van der Waals surface area contributed by atoms with Gasteiger partial charge in [0, 0.05) is 22.8 Å². The molecule has 0 bridgehead atoms. The Morgan fingerprint density at radius 3 is 2.64 bits per heavy atom. The van der Waals surface area contributed by atoms with E-state index in [-0.39, 0.29) is 5.91 Å². The lowest BCUT2D eigenvalue weighted by Gasteiger charge is -2.06. The molecular weight excluding hydrogens is 338 g/mol. The molecule has 25 heavy (non-hydrogen) atoms. The summed E-state index contributed by atoms with van der Waals surface area (Å²) in [5.41, 5.74) is 1.51. The fourth-order valence-electron chi connectivity index (χ4n) is 2.38. The minimum absolute atomic E-state index is 0.217. The molecule has 0 radical (unpaired) electrons. The number of carbonyl (C=O) groups is 1. The van der Waals surface area contributed by atoms with E-state index < -0.39 is 0 Å². The summed E-state index contributed by atoms with van der Waals surface area (Å²) in [4.78, 5) is 12.3. The van der Waals surface area contributed by atoms with Crippen molar-refractivity contribution in [1.82, 2.24) is 9.78 Å². The zero-order valence-electron chi connectivity index (χ0n) is 13.8. The number of halogens is 1. The van der Waals surface area contributed by atoms with Gasteiger partial charge < -0.3 is 10.1 Å². The Balaban J connectivity index is 1.64. The smallest absolute Gasteiger partial charge is 0.256 e. The van der Waals surface area contributed by atoms with Gasteiger partial charge in [-0.25, -0.2) is 0 Å². The van der Waals surface area contributed by atoms with Gasteiger partial charge in [-0.3, -0.25) is 9.48 Å². The van der Waals surface area contributed by atoms with Crippen LogP contribution in [0.15, 0.2) is 60.8 Å². The van der Waals surface area contributed by atoms with Crippen LogP contribution in [-0.2, 0) is 6.54 Å². The Morgan fingerprint density at radius 2 is 1.92 bits per heavy atom. The monoisotopic (exact) mass is 355 g/mol. The molecular formula is C19H18ClN3O2. The van der Waals surface area contributed by atoms with Gasteiger partial charge in [0.25, 0.3) is 5.91 Å². The molecule has 0 fully saturated rings. The molecule has 0 aliphatic carbocycles. The summed E-state index contributed by atoms with van der Waals surface area (Å²) in [6.45, 7) is 3.05. The van der Waals surface area contributed by atoms with Crippen molar-refractivity contribution < 1.29 is 9.53 Å². The van der Waals surface area contributed by atoms with Crippen LogP contribution in [0.25, 0.3) is 0 Å². The highest BCUT2D eigenvalue weighted by atomic mass is 35.5. The fraction of sp³-hybridized carbons (Fsp3) is 0.158. The molecule has 0 atom stereocenters. The van der Waals surface area contributed by atoms with Crippen molar-refractivity contribution in [2.45, 2.75) is 13.5 Å². The number of hydrogen-bond donors (Lipinski definition) is 1. The highest BCUT2D eigenvalue weighted by Gasteiger charge is 2.09. The Morgan fingerprint density at radius 1 is 1.16 bits per heavy atom. The standard InChI is InChI=1S/C19H18ClN3O2/c1-2-25-16-9-7-14(8-10-16)19(24)21-18-11-12-23(22-18)13-15-5-3-4-6-17(15)20/h3-12H,2,13H2,1H3,(H,21,22,24). The first-order valence-corrected chi connectivity index (χ1v) is 8.34. The first-order valence-electron chi connectivity index (χ1n) is 7.97. The van der Waals surface area contributed by atoms with E-state index in [0.29, 0.717) is 29.6 Å². The van der Waals surface area contributed by atoms with Gasteiger partial charge >= 0.3 is 0 Å². The number of benzene rings is 2. The normalized spacial score (nSPS) is 10.5. The lowest BCUT2D eigenvalue weighted by molar-refractivity contribution is 0.102. The van der Waals surface area contributed by atoms with Gasteiger partial charge in [-0.1, -0.05) is 29.8 Å². The van der Waals surface area contributed by atoms with E-state index in [4.69, 9.17) is 16.3 Å². The number of nitrogens with zero attached hydrogens (tertiary/aromatic N) is 2. The van der Waals surface area contributed by atoms with Crippen LogP contribution in [0.2, 0.25) is 5.02 Å². The summed E-state index contributed by atoms with van der Waals surface area (Å²) < 4.78 is 7.10. The minimum Gasteiger partial charge on any atom is -0.494 e. The third-order valence-corrected chi connectivity index (χ3v) is 3.97. The van der Waals surface area contributed by atoms with Crippen molar-refractivity contribution in [1.29, 1.82) is 0 Å². The molecule has 1 heterocycles. The first kappa shape index (κ1) is 17.0. The average Bonchev–Trinajstić information content (AvgIpc) is 3.05. The number of rotatable bonds is 6. The van der Waals surface area contributed by atoms with Crippen molar-refractivity contribution in [3.63, 3.8) is 0 Å². The van der Waals surface area contributed by atoms with Crippen molar-refractivity contribution >= 4 is 23.3 Å². The van der Waals surface area contributed by atoms with Crippen LogP contribution in [0.5, 0.6) is 5.75 Å². The van der Waals surface area contributed by atoms with Gasteiger partial charge in [0.05, 0.1) is 13.2 Å². The number of carbonyl (C=O) groups excluding carboxylic acids is 1. The van der Waals surface area contributed by atoms with E-state index in [1.54, 1.807) is 41.2 Å². The predicted octanol–water partition coefficient (Wildman–Crippen LogP) is 4.24.